The molecule has 0 spiro atoms. The van der Waals surface area contributed by atoms with Gasteiger partial charge in [-0.3, -0.25) is 0 Å². The Morgan fingerprint density at radius 3 is 2.45 bits per heavy atom. The topological polar surface area (TPSA) is 21.3 Å². The van der Waals surface area contributed by atoms with E-state index in [1.807, 2.05) is 6.92 Å². The summed E-state index contributed by atoms with van der Waals surface area (Å²) in [6.45, 7) is 15.1. The van der Waals surface area contributed by atoms with Crippen LogP contribution in [0.4, 0.5) is 0 Å². The van der Waals surface area contributed by atoms with Gasteiger partial charge >= 0.3 is 0 Å². The van der Waals surface area contributed by atoms with Crippen molar-refractivity contribution in [2.75, 3.05) is 13.2 Å². The molecule has 1 N–H and O–H groups in total. The van der Waals surface area contributed by atoms with E-state index in [0.717, 1.165) is 25.1 Å². The van der Waals surface area contributed by atoms with Crippen molar-refractivity contribution in [1.82, 2.24) is 5.32 Å². The molecule has 0 amide bonds. The van der Waals surface area contributed by atoms with Crippen molar-refractivity contribution >= 4 is 0 Å². The summed E-state index contributed by atoms with van der Waals surface area (Å²) in [5.74, 6) is 1.02. The third-order valence-electron chi connectivity index (χ3n) is 4.07. The minimum Gasteiger partial charge on any atom is -0.494 e. The monoisotopic (exact) mass is 277 g/mol. The number of ether oxygens (including phenoxy) is 1. The van der Waals surface area contributed by atoms with Crippen molar-refractivity contribution in [1.29, 1.82) is 0 Å². The van der Waals surface area contributed by atoms with E-state index in [1.165, 1.54) is 11.1 Å². The molecule has 0 aliphatic carbocycles. The lowest BCUT2D eigenvalue weighted by molar-refractivity contribution is 0.226. The van der Waals surface area contributed by atoms with E-state index in [9.17, 15) is 0 Å². The van der Waals surface area contributed by atoms with Gasteiger partial charge in [0.1, 0.15) is 5.75 Å². The number of hydrogen-bond acceptors (Lipinski definition) is 2. The van der Waals surface area contributed by atoms with Crippen LogP contribution in [-0.4, -0.2) is 13.2 Å². The van der Waals surface area contributed by atoms with Crippen LogP contribution >= 0.6 is 0 Å². The van der Waals surface area contributed by atoms with Gasteiger partial charge in [-0.1, -0.05) is 45.4 Å². The van der Waals surface area contributed by atoms with Gasteiger partial charge in [-0.25, -0.2) is 0 Å². The van der Waals surface area contributed by atoms with Crippen molar-refractivity contribution in [2.24, 2.45) is 5.41 Å². The van der Waals surface area contributed by atoms with Gasteiger partial charge in [0.05, 0.1) is 6.61 Å². The molecule has 1 aromatic carbocycles. The highest BCUT2D eigenvalue weighted by Crippen LogP contribution is 2.40. The second-order valence-corrected chi connectivity index (χ2v) is 6.20. The summed E-state index contributed by atoms with van der Waals surface area (Å²) < 4.78 is 5.85. The predicted molar refractivity (Wildman–Crippen MR) is 87.5 cm³/mol. The van der Waals surface area contributed by atoms with Gasteiger partial charge in [-0.15, -0.1) is 0 Å². The Bertz CT molecular complexity index is 412. The largest absolute Gasteiger partial charge is 0.494 e. The second kappa shape index (κ2) is 7.68. The first-order valence-corrected chi connectivity index (χ1v) is 7.93. The smallest absolute Gasteiger partial charge is 0.124 e. The van der Waals surface area contributed by atoms with Crippen molar-refractivity contribution in [3.8, 4) is 5.75 Å². The zero-order valence-electron chi connectivity index (χ0n) is 14.0. The molecular formula is C18H31NO. The third kappa shape index (κ3) is 4.24. The van der Waals surface area contributed by atoms with E-state index >= 15 is 0 Å². The maximum absolute atomic E-state index is 5.85. The normalized spacial score (nSPS) is 13.3. The highest BCUT2D eigenvalue weighted by atomic mass is 16.5. The van der Waals surface area contributed by atoms with Crippen LogP contribution in [0.25, 0.3) is 0 Å². The minimum atomic E-state index is 0.203. The Labute approximate surface area is 124 Å². The summed E-state index contributed by atoms with van der Waals surface area (Å²) in [5.41, 5.74) is 2.79. The maximum Gasteiger partial charge on any atom is 0.124 e. The number of rotatable bonds is 8. The molecule has 0 aliphatic heterocycles. The van der Waals surface area contributed by atoms with Crippen molar-refractivity contribution in [3.05, 3.63) is 29.3 Å². The van der Waals surface area contributed by atoms with Gasteiger partial charge < -0.3 is 10.1 Å². The Balaban J connectivity index is 3.20. The van der Waals surface area contributed by atoms with Gasteiger partial charge in [0.25, 0.3) is 0 Å². The van der Waals surface area contributed by atoms with Gasteiger partial charge in [0.2, 0.25) is 0 Å². The zero-order valence-corrected chi connectivity index (χ0v) is 14.0. The van der Waals surface area contributed by atoms with Gasteiger partial charge in [0.15, 0.2) is 0 Å². The third-order valence-corrected chi connectivity index (χ3v) is 4.07. The fourth-order valence-electron chi connectivity index (χ4n) is 2.48. The highest BCUT2D eigenvalue weighted by molar-refractivity contribution is 5.40. The van der Waals surface area contributed by atoms with Crippen LogP contribution in [0.5, 0.6) is 5.75 Å². The molecule has 2 nitrogen and oxygen atoms in total. The SMILES string of the molecule is CCCNC(c1cc(C)ccc1OCC)C(C)(C)CC. The standard InChI is InChI=1S/C18H31NO/c1-7-12-19-17(18(5,6)8-2)15-13-14(4)10-11-16(15)20-9-3/h10-11,13,17,19H,7-9,12H2,1-6H3. The van der Waals surface area contributed by atoms with E-state index < -0.39 is 0 Å². The molecule has 1 rings (SSSR count). The molecule has 114 valence electrons. The molecule has 0 radical (unpaired) electrons. The van der Waals surface area contributed by atoms with Crippen LogP contribution in [0.3, 0.4) is 0 Å². The van der Waals surface area contributed by atoms with E-state index in [4.69, 9.17) is 4.74 Å². The number of nitrogens with one attached hydrogen (secondary N) is 1. The highest BCUT2D eigenvalue weighted by Gasteiger charge is 2.30. The van der Waals surface area contributed by atoms with Crippen LogP contribution in [-0.2, 0) is 0 Å². The first kappa shape index (κ1) is 17.0. The molecule has 0 fully saturated rings. The van der Waals surface area contributed by atoms with Crippen molar-refractivity contribution in [2.45, 2.75) is 60.4 Å². The summed E-state index contributed by atoms with van der Waals surface area (Å²) in [6, 6.07) is 6.84. The molecular weight excluding hydrogens is 246 g/mol. The fraction of sp³-hybridized carbons (Fsp3) is 0.667. The van der Waals surface area contributed by atoms with Crippen molar-refractivity contribution in [3.63, 3.8) is 0 Å². The van der Waals surface area contributed by atoms with E-state index in [1.54, 1.807) is 0 Å². The Morgan fingerprint density at radius 1 is 1.20 bits per heavy atom. The molecule has 1 unspecified atom stereocenters. The van der Waals surface area contributed by atoms with E-state index in [-0.39, 0.29) is 5.41 Å². The Hall–Kier alpha value is -1.02. The maximum atomic E-state index is 5.85. The minimum absolute atomic E-state index is 0.203. The number of benzene rings is 1. The lowest BCUT2D eigenvalue weighted by atomic mass is 9.77. The van der Waals surface area contributed by atoms with Crippen LogP contribution in [0, 0.1) is 12.3 Å². The van der Waals surface area contributed by atoms with E-state index in [2.05, 4.69) is 58.1 Å². The molecule has 0 aliphatic rings. The van der Waals surface area contributed by atoms with Gasteiger partial charge in [-0.05, 0) is 44.7 Å². The zero-order chi connectivity index (χ0) is 15.2. The number of aryl methyl sites for hydroxylation is 1. The fourth-order valence-corrected chi connectivity index (χ4v) is 2.48. The summed E-state index contributed by atoms with van der Waals surface area (Å²) in [6.07, 6.45) is 2.28. The molecule has 0 saturated carbocycles. The van der Waals surface area contributed by atoms with Gasteiger partial charge in [0, 0.05) is 11.6 Å². The molecule has 0 bridgehead atoms. The first-order chi connectivity index (χ1) is 9.46. The second-order valence-electron chi connectivity index (χ2n) is 6.20. The molecule has 1 atom stereocenters. The van der Waals surface area contributed by atoms with Gasteiger partial charge in [-0.2, -0.15) is 0 Å². The number of hydrogen-bond donors (Lipinski definition) is 1. The molecule has 1 aromatic rings. The molecule has 0 saturated heterocycles. The molecule has 2 heteroatoms. The molecule has 0 heterocycles. The lowest BCUT2D eigenvalue weighted by Gasteiger charge is -2.36. The first-order valence-electron chi connectivity index (χ1n) is 7.93. The Morgan fingerprint density at radius 2 is 1.90 bits per heavy atom. The summed E-state index contributed by atoms with van der Waals surface area (Å²) in [7, 11) is 0. The molecule has 20 heavy (non-hydrogen) atoms. The van der Waals surface area contributed by atoms with E-state index in [0.29, 0.717) is 12.6 Å². The average molecular weight is 277 g/mol. The van der Waals surface area contributed by atoms with Crippen LogP contribution < -0.4 is 10.1 Å². The summed E-state index contributed by atoms with van der Waals surface area (Å²) in [4.78, 5) is 0. The summed E-state index contributed by atoms with van der Waals surface area (Å²) >= 11 is 0. The van der Waals surface area contributed by atoms with Crippen LogP contribution in [0.2, 0.25) is 0 Å². The Kier molecular flexibility index (Phi) is 6.54. The van der Waals surface area contributed by atoms with Crippen LogP contribution in [0.1, 0.15) is 64.6 Å². The average Bonchev–Trinajstić information content (AvgIpc) is 2.42. The lowest BCUT2D eigenvalue weighted by Crippen LogP contribution is -2.34. The van der Waals surface area contributed by atoms with Crippen molar-refractivity contribution < 1.29 is 4.74 Å². The predicted octanol–water partition coefficient (Wildman–Crippen LogP) is 4.87. The summed E-state index contributed by atoms with van der Waals surface area (Å²) in [5, 5.41) is 3.72. The quantitative estimate of drug-likeness (QED) is 0.732. The van der Waals surface area contributed by atoms with Crippen LogP contribution in [0.15, 0.2) is 18.2 Å². The molecule has 0 aromatic heterocycles.